The summed E-state index contributed by atoms with van der Waals surface area (Å²) in [5, 5.41) is 11.1. The lowest BCUT2D eigenvalue weighted by atomic mass is 10.2. The Labute approximate surface area is 126 Å². The lowest BCUT2D eigenvalue weighted by Gasteiger charge is -2.20. The number of halogens is 1. The predicted molar refractivity (Wildman–Crippen MR) is 77.2 cm³/mol. The molecule has 0 saturated heterocycles. The molecule has 7 heteroatoms. The van der Waals surface area contributed by atoms with Gasteiger partial charge < -0.3 is 9.32 Å². The summed E-state index contributed by atoms with van der Waals surface area (Å²) in [5.74, 6) is -0.923. The first-order valence-corrected chi connectivity index (χ1v) is 6.67. The van der Waals surface area contributed by atoms with E-state index in [1.165, 1.54) is 11.0 Å². The van der Waals surface area contributed by atoms with Gasteiger partial charge in [0.15, 0.2) is 5.76 Å². The maximum absolute atomic E-state index is 12.3. The van der Waals surface area contributed by atoms with Crippen molar-refractivity contribution in [1.82, 2.24) is 4.90 Å². The van der Waals surface area contributed by atoms with Crippen LogP contribution in [0.5, 0.6) is 0 Å². The lowest BCUT2D eigenvalue weighted by Crippen LogP contribution is -2.30. The number of rotatable bonds is 5. The minimum Gasteiger partial charge on any atom is -0.395 e. The minimum absolute atomic E-state index is 0.0596. The summed E-state index contributed by atoms with van der Waals surface area (Å²) in [7, 11) is 0. The second-order valence-electron chi connectivity index (χ2n) is 4.31. The van der Waals surface area contributed by atoms with E-state index in [9.17, 15) is 14.9 Å². The Morgan fingerprint density at radius 3 is 2.62 bits per heavy atom. The molecule has 110 valence electrons. The molecule has 6 nitrogen and oxygen atoms in total. The van der Waals surface area contributed by atoms with E-state index >= 15 is 0 Å². The van der Waals surface area contributed by atoms with Crippen molar-refractivity contribution in [3.8, 4) is 0 Å². The Kier molecular flexibility index (Phi) is 4.59. The highest BCUT2D eigenvalue weighted by Crippen LogP contribution is 2.20. The molecule has 1 heterocycles. The Balaban J connectivity index is 2.18. The molecular formula is C14H13ClN2O4. The second-order valence-corrected chi connectivity index (χ2v) is 4.71. The third-order valence-corrected chi connectivity index (χ3v) is 3.34. The van der Waals surface area contributed by atoms with Gasteiger partial charge in [0.1, 0.15) is 4.92 Å². The zero-order valence-corrected chi connectivity index (χ0v) is 12.0. The van der Waals surface area contributed by atoms with Gasteiger partial charge in [-0.25, -0.2) is 0 Å². The highest BCUT2D eigenvalue weighted by atomic mass is 35.5. The summed E-state index contributed by atoms with van der Waals surface area (Å²) >= 11 is 6.07. The minimum atomic E-state index is -0.679. The molecule has 0 aliphatic carbocycles. The Morgan fingerprint density at radius 2 is 2.05 bits per heavy atom. The molecular weight excluding hydrogens is 296 g/mol. The van der Waals surface area contributed by atoms with E-state index in [4.69, 9.17) is 16.0 Å². The van der Waals surface area contributed by atoms with Crippen LogP contribution in [0.25, 0.3) is 0 Å². The van der Waals surface area contributed by atoms with Crippen molar-refractivity contribution in [2.75, 3.05) is 6.54 Å². The fraction of sp³-hybridized carbons (Fsp3) is 0.214. The number of hydrogen-bond acceptors (Lipinski definition) is 4. The van der Waals surface area contributed by atoms with E-state index < -0.39 is 16.7 Å². The van der Waals surface area contributed by atoms with Crippen LogP contribution >= 0.6 is 11.6 Å². The number of furan rings is 1. The zero-order chi connectivity index (χ0) is 15.4. The van der Waals surface area contributed by atoms with Crippen molar-refractivity contribution in [2.24, 2.45) is 0 Å². The molecule has 0 saturated carbocycles. The molecule has 2 rings (SSSR count). The van der Waals surface area contributed by atoms with Crippen LogP contribution in [0.4, 0.5) is 5.88 Å². The first-order chi connectivity index (χ1) is 10.0. The van der Waals surface area contributed by atoms with Crippen molar-refractivity contribution in [3.05, 3.63) is 62.9 Å². The van der Waals surface area contributed by atoms with Crippen LogP contribution in [0.1, 0.15) is 23.0 Å². The maximum Gasteiger partial charge on any atom is 0.433 e. The first kappa shape index (κ1) is 15.1. The first-order valence-electron chi connectivity index (χ1n) is 6.29. The van der Waals surface area contributed by atoms with Gasteiger partial charge in [-0.3, -0.25) is 14.9 Å². The van der Waals surface area contributed by atoms with E-state index in [0.717, 1.165) is 11.6 Å². The normalized spacial score (nSPS) is 10.4. The predicted octanol–water partition coefficient (Wildman–Crippen LogP) is 3.50. The number of nitro groups is 1. The second kappa shape index (κ2) is 6.41. The van der Waals surface area contributed by atoms with Crippen molar-refractivity contribution in [3.63, 3.8) is 0 Å². The van der Waals surface area contributed by atoms with E-state index in [1.54, 1.807) is 12.1 Å². The molecule has 0 unspecified atom stereocenters. The SMILES string of the molecule is CCN(Cc1ccccc1Cl)C(=O)c1ccc([N+](=O)[O-])o1. The molecule has 21 heavy (non-hydrogen) atoms. The monoisotopic (exact) mass is 308 g/mol. The fourth-order valence-corrected chi connectivity index (χ4v) is 2.05. The van der Waals surface area contributed by atoms with E-state index in [-0.39, 0.29) is 5.76 Å². The van der Waals surface area contributed by atoms with Crippen LogP contribution in [0.15, 0.2) is 40.8 Å². The summed E-state index contributed by atoms with van der Waals surface area (Å²) in [6, 6.07) is 9.67. The summed E-state index contributed by atoms with van der Waals surface area (Å²) in [5.41, 5.74) is 0.801. The van der Waals surface area contributed by atoms with E-state index in [2.05, 4.69) is 0 Å². The van der Waals surface area contributed by atoms with Crippen molar-refractivity contribution in [1.29, 1.82) is 0 Å². The topological polar surface area (TPSA) is 76.6 Å². The molecule has 0 spiro atoms. The van der Waals surface area contributed by atoms with Crippen molar-refractivity contribution < 1.29 is 14.1 Å². The Bertz CT molecular complexity index is 668. The van der Waals surface area contributed by atoms with Crippen molar-refractivity contribution >= 4 is 23.4 Å². The van der Waals surface area contributed by atoms with E-state index in [1.807, 2.05) is 19.1 Å². The molecule has 0 fully saturated rings. The third kappa shape index (κ3) is 3.41. The quantitative estimate of drug-likeness (QED) is 0.625. The average Bonchev–Trinajstić information content (AvgIpc) is 2.96. The van der Waals surface area contributed by atoms with Crippen molar-refractivity contribution in [2.45, 2.75) is 13.5 Å². The van der Waals surface area contributed by atoms with Gasteiger partial charge >= 0.3 is 5.88 Å². The van der Waals surface area contributed by atoms with Crippen LogP contribution in [0, 0.1) is 10.1 Å². The zero-order valence-electron chi connectivity index (χ0n) is 11.3. The molecule has 2 aromatic rings. The number of carbonyl (C=O) groups is 1. The van der Waals surface area contributed by atoms with Gasteiger partial charge in [0.25, 0.3) is 5.91 Å². The van der Waals surface area contributed by atoms with Crippen LogP contribution in [0.3, 0.4) is 0 Å². The molecule has 1 amide bonds. The number of nitrogens with zero attached hydrogens (tertiary/aromatic N) is 2. The summed E-state index contributed by atoms with van der Waals surface area (Å²) in [4.78, 5) is 23.7. The van der Waals surface area contributed by atoms with Crippen LogP contribution < -0.4 is 0 Å². The van der Waals surface area contributed by atoms with Crippen LogP contribution in [-0.4, -0.2) is 22.3 Å². The molecule has 0 aliphatic rings. The standard InChI is InChI=1S/C14H13ClN2O4/c1-2-16(9-10-5-3-4-6-11(10)15)14(18)12-7-8-13(21-12)17(19)20/h3-8H,2,9H2,1H3. The number of carbonyl (C=O) groups excluding carboxylic acids is 1. The van der Waals surface area contributed by atoms with E-state index in [0.29, 0.717) is 18.1 Å². The van der Waals surface area contributed by atoms with Crippen LogP contribution in [0.2, 0.25) is 5.02 Å². The lowest BCUT2D eigenvalue weighted by molar-refractivity contribution is -0.402. The van der Waals surface area contributed by atoms with Gasteiger partial charge in [0.2, 0.25) is 0 Å². The van der Waals surface area contributed by atoms with Gasteiger partial charge in [-0.2, -0.15) is 0 Å². The summed E-state index contributed by atoms with van der Waals surface area (Å²) < 4.78 is 4.93. The molecule has 0 radical (unpaired) electrons. The molecule has 1 aromatic carbocycles. The van der Waals surface area contributed by atoms with Gasteiger partial charge in [0.05, 0.1) is 6.07 Å². The number of benzene rings is 1. The molecule has 1 aromatic heterocycles. The highest BCUT2D eigenvalue weighted by Gasteiger charge is 2.22. The summed E-state index contributed by atoms with van der Waals surface area (Å²) in [6.45, 7) is 2.55. The number of amides is 1. The van der Waals surface area contributed by atoms with Gasteiger partial charge in [-0.05, 0) is 24.6 Å². The van der Waals surface area contributed by atoms with Gasteiger partial charge in [-0.15, -0.1) is 0 Å². The maximum atomic E-state index is 12.3. The molecule has 0 bridgehead atoms. The average molecular weight is 309 g/mol. The third-order valence-electron chi connectivity index (χ3n) is 2.97. The smallest absolute Gasteiger partial charge is 0.395 e. The fourth-order valence-electron chi connectivity index (χ4n) is 1.86. The Morgan fingerprint density at radius 1 is 1.33 bits per heavy atom. The summed E-state index contributed by atoms with van der Waals surface area (Å²) in [6.07, 6.45) is 0. The largest absolute Gasteiger partial charge is 0.433 e. The molecule has 0 atom stereocenters. The number of hydrogen-bond donors (Lipinski definition) is 0. The Hall–Kier alpha value is -2.34. The van der Waals surface area contributed by atoms with Gasteiger partial charge in [0, 0.05) is 18.1 Å². The highest BCUT2D eigenvalue weighted by molar-refractivity contribution is 6.31. The van der Waals surface area contributed by atoms with Crippen LogP contribution in [-0.2, 0) is 6.54 Å². The molecule has 0 aliphatic heterocycles. The molecule has 0 N–H and O–H groups in total. The van der Waals surface area contributed by atoms with Gasteiger partial charge in [-0.1, -0.05) is 29.8 Å².